The molecule has 96 valence electrons. The number of carbonyl (C=O) groups is 1. The number of allylic oxidation sites excluding steroid dienone is 1. The SMILES string of the molecule is COc1ccc(C(=O)NC2=C(N=[N-])C(C)=[N+]=N2)cc1. The zero-order valence-electron chi connectivity index (χ0n) is 10.4. The number of ether oxygens (including phenoxy) is 1. The lowest BCUT2D eigenvalue weighted by atomic mass is 10.2. The number of benzene rings is 1. The molecule has 1 amide bonds. The second kappa shape index (κ2) is 5.24. The molecule has 0 radical (unpaired) electrons. The summed E-state index contributed by atoms with van der Waals surface area (Å²) in [4.78, 5) is 15.7. The van der Waals surface area contributed by atoms with Crippen LogP contribution in [0.1, 0.15) is 17.3 Å². The molecule has 7 heteroatoms. The van der Waals surface area contributed by atoms with Crippen molar-refractivity contribution in [1.82, 2.24) is 5.32 Å². The van der Waals surface area contributed by atoms with E-state index in [-0.39, 0.29) is 17.4 Å². The van der Waals surface area contributed by atoms with Crippen LogP contribution in [-0.2, 0) is 0 Å². The Hall–Kier alpha value is -2.79. The highest BCUT2D eigenvalue weighted by Gasteiger charge is 2.25. The Morgan fingerprint density at radius 1 is 1.42 bits per heavy atom. The molecule has 0 fully saturated rings. The van der Waals surface area contributed by atoms with E-state index >= 15 is 0 Å². The topological polar surface area (TPSA) is 99.5 Å². The molecule has 0 unspecified atom stereocenters. The number of nitrogens with zero attached hydrogens (tertiary/aromatic N) is 4. The van der Waals surface area contributed by atoms with Gasteiger partial charge in [0, 0.05) is 12.5 Å². The predicted molar refractivity (Wildman–Crippen MR) is 66.6 cm³/mol. The minimum atomic E-state index is -0.368. The first kappa shape index (κ1) is 12.7. The summed E-state index contributed by atoms with van der Waals surface area (Å²) in [6.07, 6.45) is 0. The van der Waals surface area contributed by atoms with Crippen LogP contribution < -0.4 is 10.1 Å². The van der Waals surface area contributed by atoms with E-state index in [9.17, 15) is 4.79 Å². The quantitative estimate of drug-likeness (QED) is 0.656. The van der Waals surface area contributed by atoms with E-state index in [1.807, 2.05) is 0 Å². The molecule has 7 nitrogen and oxygen atoms in total. The average molecular weight is 257 g/mol. The monoisotopic (exact) mass is 257 g/mol. The first-order valence-electron chi connectivity index (χ1n) is 5.46. The smallest absolute Gasteiger partial charge is 0.366 e. The van der Waals surface area contributed by atoms with E-state index in [0.29, 0.717) is 17.0 Å². The molecule has 0 saturated heterocycles. The van der Waals surface area contributed by atoms with Crippen molar-refractivity contribution in [2.45, 2.75) is 6.92 Å². The second-order valence-electron chi connectivity index (χ2n) is 3.77. The van der Waals surface area contributed by atoms with Crippen LogP contribution >= 0.6 is 0 Å². The third kappa shape index (κ3) is 2.56. The minimum absolute atomic E-state index is 0.126. The van der Waals surface area contributed by atoms with Gasteiger partial charge in [-0.05, 0) is 24.3 Å². The zero-order chi connectivity index (χ0) is 13.8. The maximum absolute atomic E-state index is 11.9. The normalized spacial score (nSPS) is 13.3. The summed E-state index contributed by atoms with van der Waals surface area (Å²) in [6, 6.07) is 6.59. The number of rotatable bonds is 4. The highest BCUT2D eigenvalue weighted by atomic mass is 16.5. The molecule has 1 aromatic carbocycles. The van der Waals surface area contributed by atoms with Gasteiger partial charge in [-0.2, -0.15) is 0 Å². The Kier molecular flexibility index (Phi) is 3.49. The number of nitrogens with one attached hydrogen (secondary N) is 1. The van der Waals surface area contributed by atoms with Crippen LogP contribution in [-0.4, -0.2) is 23.5 Å². The molecule has 1 heterocycles. The molecule has 19 heavy (non-hydrogen) atoms. The molecule has 1 aliphatic rings. The van der Waals surface area contributed by atoms with E-state index in [2.05, 4.69) is 20.3 Å². The number of hydrogen-bond donors (Lipinski definition) is 1. The molecule has 0 atom stereocenters. The summed E-state index contributed by atoms with van der Waals surface area (Å²) in [5, 5.41) is 9.30. The molecule has 1 N–H and O–H groups in total. The Labute approximate surface area is 109 Å². The molecule has 0 spiro atoms. The first-order valence-corrected chi connectivity index (χ1v) is 5.46. The maximum atomic E-state index is 11.9. The summed E-state index contributed by atoms with van der Waals surface area (Å²) in [5.74, 6) is 0.416. The molecule has 0 saturated carbocycles. The Balaban J connectivity index is 2.16. The van der Waals surface area contributed by atoms with Gasteiger partial charge in [-0.1, -0.05) is 0 Å². The van der Waals surface area contributed by atoms with Crippen LogP contribution in [0.3, 0.4) is 0 Å². The fourth-order valence-electron chi connectivity index (χ4n) is 1.52. The van der Waals surface area contributed by atoms with Gasteiger partial charge in [0.05, 0.1) is 11.9 Å². The van der Waals surface area contributed by atoms with Crippen LogP contribution in [0.5, 0.6) is 5.75 Å². The van der Waals surface area contributed by atoms with Crippen LogP contribution in [0, 0.1) is 0 Å². The van der Waals surface area contributed by atoms with Gasteiger partial charge in [-0.25, -0.2) is 0 Å². The standard InChI is InChI=1S/C12H10N5O2/c1-7-10(15-13)11(17-16-7)14-12(18)8-3-5-9(19-2)6-4-8/h3-6H,1-2H3/q-1/p+1. The number of amides is 1. The van der Waals surface area contributed by atoms with Gasteiger partial charge in [0.15, 0.2) is 5.70 Å². The fourth-order valence-corrected chi connectivity index (χ4v) is 1.52. The summed E-state index contributed by atoms with van der Waals surface area (Å²) in [6.45, 7) is 1.63. The van der Waals surface area contributed by atoms with Crippen molar-refractivity contribution in [1.29, 1.82) is 0 Å². The fraction of sp³-hybridized carbons (Fsp3) is 0.167. The van der Waals surface area contributed by atoms with Gasteiger partial charge in [0.25, 0.3) is 11.7 Å². The molecule has 1 aromatic rings. The van der Waals surface area contributed by atoms with Crippen molar-refractivity contribution in [2.24, 2.45) is 10.2 Å². The van der Waals surface area contributed by atoms with Gasteiger partial charge < -0.3 is 15.4 Å². The van der Waals surface area contributed by atoms with Crippen LogP contribution in [0.25, 0.3) is 5.53 Å². The molecule has 2 rings (SSSR count). The van der Waals surface area contributed by atoms with Crippen molar-refractivity contribution < 1.29 is 14.3 Å². The van der Waals surface area contributed by atoms with Crippen molar-refractivity contribution in [3.05, 3.63) is 46.9 Å². The summed E-state index contributed by atoms with van der Waals surface area (Å²) < 4.78 is 5.00. The van der Waals surface area contributed by atoms with Crippen molar-refractivity contribution >= 4 is 11.6 Å². The third-order valence-electron chi connectivity index (χ3n) is 2.55. The van der Waals surface area contributed by atoms with E-state index in [1.54, 1.807) is 38.3 Å². The second-order valence-corrected chi connectivity index (χ2v) is 3.77. The highest BCUT2D eigenvalue weighted by Crippen LogP contribution is 2.14. The summed E-state index contributed by atoms with van der Waals surface area (Å²) in [5.41, 5.74) is 9.84. The zero-order valence-corrected chi connectivity index (χ0v) is 10.4. The Morgan fingerprint density at radius 2 is 2.11 bits per heavy atom. The first-order chi connectivity index (χ1) is 9.15. The Bertz CT molecular complexity index is 624. The van der Waals surface area contributed by atoms with Crippen molar-refractivity contribution in [3.63, 3.8) is 0 Å². The minimum Gasteiger partial charge on any atom is -0.706 e. The predicted octanol–water partition coefficient (Wildman–Crippen LogP) is 1.75. The lowest BCUT2D eigenvalue weighted by molar-refractivity contribution is -0.0772. The van der Waals surface area contributed by atoms with E-state index in [1.165, 1.54) is 0 Å². The van der Waals surface area contributed by atoms with Gasteiger partial charge in [0.1, 0.15) is 10.9 Å². The molecular weight excluding hydrogens is 246 g/mol. The van der Waals surface area contributed by atoms with Crippen molar-refractivity contribution in [3.8, 4) is 5.75 Å². The largest absolute Gasteiger partial charge is 0.706 e. The van der Waals surface area contributed by atoms with Gasteiger partial charge in [-0.15, -0.1) is 0 Å². The Morgan fingerprint density at radius 3 is 2.68 bits per heavy atom. The molecule has 0 bridgehead atoms. The van der Waals surface area contributed by atoms with E-state index < -0.39 is 0 Å². The van der Waals surface area contributed by atoms with Crippen LogP contribution in [0.15, 0.2) is 46.0 Å². The number of methoxy groups -OCH3 is 1. The van der Waals surface area contributed by atoms with E-state index in [4.69, 9.17) is 10.3 Å². The highest BCUT2D eigenvalue weighted by molar-refractivity contribution is 5.99. The third-order valence-corrected chi connectivity index (χ3v) is 2.55. The number of hydrogen-bond acceptors (Lipinski definition) is 4. The average Bonchev–Trinajstić information content (AvgIpc) is 2.79. The summed E-state index contributed by atoms with van der Waals surface area (Å²) >= 11 is 0. The molecule has 0 aliphatic carbocycles. The van der Waals surface area contributed by atoms with Crippen LogP contribution in [0.2, 0.25) is 0 Å². The van der Waals surface area contributed by atoms with Crippen LogP contribution in [0.4, 0.5) is 0 Å². The molecule has 1 aliphatic heterocycles. The van der Waals surface area contributed by atoms with Gasteiger partial charge in [0.2, 0.25) is 0 Å². The lowest BCUT2D eigenvalue weighted by Crippen LogP contribution is -2.22. The van der Waals surface area contributed by atoms with Gasteiger partial charge in [-0.3, -0.25) is 10.1 Å². The van der Waals surface area contributed by atoms with Crippen molar-refractivity contribution in [2.75, 3.05) is 7.11 Å². The molecular formula is C12H11N5O2. The molecule has 0 aromatic heterocycles. The summed E-state index contributed by atoms with van der Waals surface area (Å²) in [7, 11) is 1.55. The van der Waals surface area contributed by atoms with Gasteiger partial charge >= 0.3 is 5.71 Å². The number of carbonyl (C=O) groups excluding carboxylic acids is 1. The maximum Gasteiger partial charge on any atom is 0.366 e. The lowest BCUT2D eigenvalue weighted by Gasteiger charge is -2.04. The van der Waals surface area contributed by atoms with E-state index in [0.717, 1.165) is 0 Å².